The van der Waals surface area contributed by atoms with Crippen molar-refractivity contribution in [1.82, 2.24) is 19.5 Å². The summed E-state index contributed by atoms with van der Waals surface area (Å²) in [6.45, 7) is 0.861. The third-order valence-electron chi connectivity index (χ3n) is 2.81. The summed E-state index contributed by atoms with van der Waals surface area (Å²) in [4.78, 5) is 17.7. The minimum absolute atomic E-state index is 0.101. The maximum Gasteiger partial charge on any atom is 0.234 e. The van der Waals surface area contributed by atoms with Gasteiger partial charge >= 0.3 is 0 Å². The Bertz CT molecular complexity index is 546. The molecule has 0 unspecified atom stereocenters. The van der Waals surface area contributed by atoms with E-state index in [1.165, 1.54) is 14.1 Å². The molecule has 0 aliphatic heterocycles. The topological polar surface area (TPSA) is 82.6 Å². The lowest BCUT2D eigenvalue weighted by Gasteiger charge is -2.16. The molecule has 1 amide bonds. The van der Waals surface area contributed by atoms with E-state index in [4.69, 9.17) is 0 Å². The van der Waals surface area contributed by atoms with Gasteiger partial charge in [-0.3, -0.25) is 14.7 Å². The molecule has 1 rings (SSSR count). The SMILES string of the molecule is CN(CC(=O)NCCS(=O)(=O)N(C)C)Cc1ccccn1. The summed E-state index contributed by atoms with van der Waals surface area (Å²) in [6.07, 6.45) is 1.70. The van der Waals surface area contributed by atoms with E-state index in [2.05, 4.69) is 10.3 Å². The van der Waals surface area contributed by atoms with Gasteiger partial charge in [-0.1, -0.05) is 6.07 Å². The molecule has 0 aliphatic carbocycles. The molecule has 0 fully saturated rings. The Balaban J connectivity index is 2.31. The Kier molecular flexibility index (Phi) is 6.73. The summed E-state index contributed by atoms with van der Waals surface area (Å²) < 4.78 is 24.2. The van der Waals surface area contributed by atoms with Crippen LogP contribution in [-0.2, 0) is 21.4 Å². The van der Waals surface area contributed by atoms with Gasteiger partial charge in [0.15, 0.2) is 0 Å². The van der Waals surface area contributed by atoms with Gasteiger partial charge in [-0.15, -0.1) is 0 Å². The average molecular weight is 314 g/mol. The Hall–Kier alpha value is -1.51. The molecular formula is C13H22N4O3S. The number of nitrogens with zero attached hydrogens (tertiary/aromatic N) is 3. The number of hydrogen-bond donors (Lipinski definition) is 1. The van der Waals surface area contributed by atoms with Gasteiger partial charge in [0.2, 0.25) is 15.9 Å². The predicted octanol–water partition coefficient (Wildman–Crippen LogP) is -0.479. The van der Waals surface area contributed by atoms with Crippen LogP contribution in [0.15, 0.2) is 24.4 Å². The van der Waals surface area contributed by atoms with Gasteiger partial charge in [0.1, 0.15) is 0 Å². The van der Waals surface area contributed by atoms with Crippen LogP contribution in [0.3, 0.4) is 0 Å². The molecule has 0 saturated heterocycles. The number of hydrogen-bond acceptors (Lipinski definition) is 5. The van der Waals surface area contributed by atoms with Crippen LogP contribution in [0.2, 0.25) is 0 Å². The lowest BCUT2D eigenvalue weighted by molar-refractivity contribution is -0.121. The van der Waals surface area contributed by atoms with Crippen molar-refractivity contribution in [1.29, 1.82) is 0 Å². The van der Waals surface area contributed by atoms with Gasteiger partial charge < -0.3 is 5.32 Å². The van der Waals surface area contributed by atoms with Crippen LogP contribution >= 0.6 is 0 Å². The number of carbonyl (C=O) groups excluding carboxylic acids is 1. The highest BCUT2D eigenvalue weighted by Gasteiger charge is 2.14. The zero-order chi connectivity index (χ0) is 15.9. The van der Waals surface area contributed by atoms with Crippen LogP contribution in [-0.4, -0.2) is 68.5 Å². The number of likely N-dealkylation sites (N-methyl/N-ethyl adjacent to an activating group) is 1. The van der Waals surface area contributed by atoms with Crippen molar-refractivity contribution in [3.8, 4) is 0 Å². The minimum atomic E-state index is -3.28. The summed E-state index contributed by atoms with van der Waals surface area (Å²) >= 11 is 0. The molecule has 0 atom stereocenters. The van der Waals surface area contributed by atoms with Gasteiger partial charge in [0.25, 0.3) is 0 Å². The Morgan fingerprint density at radius 3 is 2.57 bits per heavy atom. The van der Waals surface area contributed by atoms with Gasteiger partial charge in [-0.05, 0) is 19.2 Å². The normalized spacial score (nSPS) is 11.9. The summed E-state index contributed by atoms with van der Waals surface area (Å²) in [5.41, 5.74) is 0.878. The van der Waals surface area contributed by atoms with E-state index in [1.54, 1.807) is 6.20 Å². The first-order valence-electron chi connectivity index (χ1n) is 6.56. The van der Waals surface area contributed by atoms with Gasteiger partial charge in [-0.2, -0.15) is 0 Å². The number of rotatable bonds is 8. The van der Waals surface area contributed by atoms with E-state index in [0.717, 1.165) is 10.00 Å². The molecule has 118 valence electrons. The highest BCUT2D eigenvalue weighted by atomic mass is 32.2. The maximum absolute atomic E-state index is 11.7. The molecule has 0 spiro atoms. The molecule has 1 N–H and O–H groups in total. The summed E-state index contributed by atoms with van der Waals surface area (Å²) in [7, 11) is 1.47. The third kappa shape index (κ3) is 6.65. The summed E-state index contributed by atoms with van der Waals surface area (Å²) in [5, 5.41) is 2.60. The lowest BCUT2D eigenvalue weighted by atomic mass is 10.3. The zero-order valence-electron chi connectivity index (χ0n) is 12.6. The van der Waals surface area contributed by atoms with Crippen LogP contribution < -0.4 is 5.32 Å². The quantitative estimate of drug-likeness (QED) is 0.701. The molecular weight excluding hydrogens is 292 g/mol. The van der Waals surface area contributed by atoms with Crippen molar-refractivity contribution in [2.75, 3.05) is 40.0 Å². The summed E-state index contributed by atoms with van der Waals surface area (Å²) in [5.74, 6) is -0.308. The standard InChI is InChI=1S/C13H22N4O3S/c1-16(2)21(19,20)9-8-15-13(18)11-17(3)10-12-6-4-5-7-14-12/h4-7H,8-11H2,1-3H3,(H,15,18). The van der Waals surface area contributed by atoms with Gasteiger partial charge in [0.05, 0.1) is 18.0 Å². The molecule has 21 heavy (non-hydrogen) atoms. The fourth-order valence-electron chi connectivity index (χ4n) is 1.63. The minimum Gasteiger partial charge on any atom is -0.354 e. The number of sulfonamides is 1. The second-order valence-corrected chi connectivity index (χ2v) is 7.24. The second kappa shape index (κ2) is 8.06. The number of amides is 1. The van der Waals surface area contributed by atoms with Gasteiger partial charge in [0, 0.05) is 33.4 Å². The van der Waals surface area contributed by atoms with E-state index in [1.807, 2.05) is 30.1 Å². The van der Waals surface area contributed by atoms with E-state index in [9.17, 15) is 13.2 Å². The van der Waals surface area contributed by atoms with Crippen LogP contribution in [0.5, 0.6) is 0 Å². The first-order valence-corrected chi connectivity index (χ1v) is 8.17. The van der Waals surface area contributed by atoms with Crippen molar-refractivity contribution in [3.63, 3.8) is 0 Å². The third-order valence-corrected chi connectivity index (χ3v) is 4.64. The Labute approximate surface area is 126 Å². The first-order chi connectivity index (χ1) is 9.81. The second-order valence-electron chi connectivity index (χ2n) is 4.94. The highest BCUT2D eigenvalue weighted by molar-refractivity contribution is 7.89. The van der Waals surface area contributed by atoms with E-state index in [-0.39, 0.29) is 24.7 Å². The molecule has 7 nitrogen and oxygen atoms in total. The molecule has 0 saturated carbocycles. The summed E-state index contributed by atoms with van der Waals surface area (Å²) in [6, 6.07) is 5.61. The molecule has 8 heteroatoms. The molecule has 1 aromatic rings. The van der Waals surface area contributed by atoms with Crippen molar-refractivity contribution in [2.24, 2.45) is 0 Å². The predicted molar refractivity (Wildman–Crippen MR) is 81.1 cm³/mol. The molecule has 1 aromatic heterocycles. The number of pyridine rings is 1. The molecule has 1 heterocycles. The largest absolute Gasteiger partial charge is 0.354 e. The van der Waals surface area contributed by atoms with E-state index in [0.29, 0.717) is 6.54 Å². The molecule has 0 bridgehead atoms. The molecule has 0 aromatic carbocycles. The van der Waals surface area contributed by atoms with Gasteiger partial charge in [-0.25, -0.2) is 12.7 Å². The first kappa shape index (κ1) is 17.5. The molecule has 0 aliphatic rings. The van der Waals surface area contributed by atoms with E-state index < -0.39 is 10.0 Å². The van der Waals surface area contributed by atoms with E-state index >= 15 is 0 Å². The monoisotopic (exact) mass is 314 g/mol. The smallest absolute Gasteiger partial charge is 0.234 e. The highest BCUT2D eigenvalue weighted by Crippen LogP contribution is 1.98. The van der Waals surface area contributed by atoms with Crippen molar-refractivity contribution in [3.05, 3.63) is 30.1 Å². The van der Waals surface area contributed by atoms with Crippen LogP contribution in [0.1, 0.15) is 5.69 Å². The Morgan fingerprint density at radius 2 is 2.00 bits per heavy atom. The maximum atomic E-state index is 11.7. The fraction of sp³-hybridized carbons (Fsp3) is 0.538. The number of nitrogens with one attached hydrogen (secondary N) is 1. The van der Waals surface area contributed by atoms with Crippen LogP contribution in [0.4, 0.5) is 0 Å². The Morgan fingerprint density at radius 1 is 1.29 bits per heavy atom. The van der Waals surface area contributed by atoms with Crippen LogP contribution in [0.25, 0.3) is 0 Å². The number of aromatic nitrogens is 1. The molecule has 0 radical (unpaired) electrons. The fourth-order valence-corrected chi connectivity index (χ4v) is 2.35. The van der Waals surface area contributed by atoms with Crippen molar-refractivity contribution < 1.29 is 13.2 Å². The zero-order valence-corrected chi connectivity index (χ0v) is 13.4. The number of carbonyl (C=O) groups is 1. The van der Waals surface area contributed by atoms with Crippen LogP contribution in [0, 0.1) is 0 Å². The van der Waals surface area contributed by atoms with Crippen molar-refractivity contribution in [2.45, 2.75) is 6.54 Å². The van der Waals surface area contributed by atoms with Crippen molar-refractivity contribution >= 4 is 15.9 Å². The lowest BCUT2D eigenvalue weighted by Crippen LogP contribution is -2.38. The average Bonchev–Trinajstić information content (AvgIpc) is 2.39.